The van der Waals surface area contributed by atoms with Crippen LogP contribution in [-0.2, 0) is 16.1 Å². The molecular weight excluding hydrogens is 230 g/mol. The van der Waals surface area contributed by atoms with Crippen LogP contribution in [-0.4, -0.2) is 38.8 Å². The molecule has 0 radical (unpaired) electrons. The van der Waals surface area contributed by atoms with Gasteiger partial charge in [0.15, 0.2) is 0 Å². The van der Waals surface area contributed by atoms with Gasteiger partial charge in [-0.05, 0) is 17.7 Å². The van der Waals surface area contributed by atoms with Gasteiger partial charge in [0, 0.05) is 25.3 Å². The Balaban J connectivity index is 1.86. The maximum absolute atomic E-state index is 10.6. The summed E-state index contributed by atoms with van der Waals surface area (Å²) >= 11 is 0. The van der Waals surface area contributed by atoms with Crippen molar-refractivity contribution in [2.45, 2.75) is 6.54 Å². The first kappa shape index (κ1) is 12.9. The summed E-state index contributed by atoms with van der Waals surface area (Å²) in [6.07, 6.45) is 0. The highest BCUT2D eigenvalue weighted by Crippen LogP contribution is 2.16. The van der Waals surface area contributed by atoms with E-state index in [2.05, 4.69) is 34.5 Å². The summed E-state index contributed by atoms with van der Waals surface area (Å²) < 4.78 is 5.33. The third-order valence-electron chi connectivity index (χ3n) is 2.94. The van der Waals surface area contributed by atoms with Crippen LogP contribution in [0, 0.1) is 0 Å². The van der Waals surface area contributed by atoms with Crippen molar-refractivity contribution in [2.75, 3.05) is 37.7 Å². The third-order valence-corrected chi connectivity index (χ3v) is 2.94. The molecule has 0 atom stereocenters. The molecule has 0 unspecified atom stereocenters. The minimum Gasteiger partial charge on any atom is -0.378 e. The van der Waals surface area contributed by atoms with Crippen LogP contribution in [0.1, 0.15) is 5.56 Å². The molecule has 5 heteroatoms. The van der Waals surface area contributed by atoms with Crippen LogP contribution in [0.4, 0.5) is 5.69 Å². The van der Waals surface area contributed by atoms with E-state index in [0.29, 0.717) is 6.54 Å². The highest BCUT2D eigenvalue weighted by Gasteiger charge is 2.10. The van der Waals surface area contributed by atoms with E-state index in [4.69, 9.17) is 10.5 Å². The number of carbonyl (C=O) groups excluding carboxylic acids is 1. The fourth-order valence-corrected chi connectivity index (χ4v) is 1.98. The fraction of sp³-hybridized carbons (Fsp3) is 0.462. The lowest BCUT2D eigenvalue weighted by atomic mass is 10.2. The van der Waals surface area contributed by atoms with Crippen LogP contribution in [0.3, 0.4) is 0 Å². The SMILES string of the molecule is NC(=O)CNCc1ccc(N2CCOCC2)cc1. The van der Waals surface area contributed by atoms with Gasteiger partial charge < -0.3 is 20.7 Å². The first-order valence-electron chi connectivity index (χ1n) is 6.16. The first-order valence-corrected chi connectivity index (χ1v) is 6.16. The number of nitrogens with two attached hydrogens (primary N) is 1. The number of ether oxygens (including phenoxy) is 1. The number of hydrogen-bond acceptors (Lipinski definition) is 4. The van der Waals surface area contributed by atoms with Crippen molar-refractivity contribution in [1.82, 2.24) is 5.32 Å². The van der Waals surface area contributed by atoms with Gasteiger partial charge in [-0.2, -0.15) is 0 Å². The fourth-order valence-electron chi connectivity index (χ4n) is 1.98. The molecule has 0 spiro atoms. The molecule has 1 heterocycles. The molecule has 18 heavy (non-hydrogen) atoms. The molecule has 0 aromatic heterocycles. The smallest absolute Gasteiger partial charge is 0.231 e. The van der Waals surface area contributed by atoms with E-state index in [-0.39, 0.29) is 12.5 Å². The molecular formula is C13H19N3O2. The van der Waals surface area contributed by atoms with Crippen molar-refractivity contribution in [3.63, 3.8) is 0 Å². The summed E-state index contributed by atoms with van der Waals surface area (Å²) in [7, 11) is 0. The number of nitrogens with one attached hydrogen (secondary N) is 1. The Hall–Kier alpha value is -1.59. The van der Waals surface area contributed by atoms with E-state index >= 15 is 0 Å². The molecule has 5 nitrogen and oxygen atoms in total. The van der Waals surface area contributed by atoms with E-state index < -0.39 is 0 Å². The number of benzene rings is 1. The van der Waals surface area contributed by atoms with Gasteiger partial charge >= 0.3 is 0 Å². The van der Waals surface area contributed by atoms with E-state index in [1.54, 1.807) is 0 Å². The van der Waals surface area contributed by atoms with Crippen molar-refractivity contribution in [3.8, 4) is 0 Å². The summed E-state index contributed by atoms with van der Waals surface area (Å²) in [5.74, 6) is -0.333. The van der Waals surface area contributed by atoms with Gasteiger partial charge in [-0.3, -0.25) is 4.79 Å². The van der Waals surface area contributed by atoms with E-state index in [1.165, 1.54) is 5.69 Å². The molecule has 0 bridgehead atoms. The van der Waals surface area contributed by atoms with Crippen molar-refractivity contribution >= 4 is 11.6 Å². The number of anilines is 1. The Morgan fingerprint density at radius 1 is 1.28 bits per heavy atom. The molecule has 1 fully saturated rings. The molecule has 2 rings (SSSR count). The highest BCUT2D eigenvalue weighted by atomic mass is 16.5. The number of hydrogen-bond donors (Lipinski definition) is 2. The molecule has 1 aliphatic rings. The summed E-state index contributed by atoms with van der Waals surface area (Å²) in [4.78, 5) is 12.9. The van der Waals surface area contributed by atoms with Gasteiger partial charge in [0.1, 0.15) is 0 Å². The topological polar surface area (TPSA) is 67.6 Å². The highest BCUT2D eigenvalue weighted by molar-refractivity contribution is 5.75. The molecule has 0 saturated carbocycles. The summed E-state index contributed by atoms with van der Waals surface area (Å²) in [5, 5.41) is 2.99. The van der Waals surface area contributed by atoms with Crippen molar-refractivity contribution < 1.29 is 9.53 Å². The maximum Gasteiger partial charge on any atom is 0.231 e. The standard InChI is InChI=1S/C13H19N3O2/c14-13(17)10-15-9-11-1-3-12(4-2-11)16-5-7-18-8-6-16/h1-4,15H,5-10H2,(H2,14,17). The lowest BCUT2D eigenvalue weighted by molar-refractivity contribution is -0.117. The predicted octanol–water partition coefficient (Wildman–Crippen LogP) is 0.0981. The zero-order chi connectivity index (χ0) is 12.8. The minimum absolute atomic E-state index is 0.214. The second-order valence-corrected chi connectivity index (χ2v) is 4.34. The van der Waals surface area contributed by atoms with E-state index in [9.17, 15) is 4.79 Å². The quantitative estimate of drug-likeness (QED) is 0.776. The van der Waals surface area contributed by atoms with Gasteiger partial charge in [0.2, 0.25) is 5.91 Å². The normalized spacial score (nSPS) is 15.7. The summed E-state index contributed by atoms with van der Waals surface area (Å²) in [6, 6.07) is 8.34. The number of rotatable bonds is 5. The Morgan fingerprint density at radius 2 is 1.94 bits per heavy atom. The lowest BCUT2D eigenvalue weighted by Gasteiger charge is -2.28. The van der Waals surface area contributed by atoms with Crippen LogP contribution in [0.15, 0.2) is 24.3 Å². The predicted molar refractivity (Wildman–Crippen MR) is 70.4 cm³/mol. The number of nitrogens with zero attached hydrogens (tertiary/aromatic N) is 1. The van der Waals surface area contributed by atoms with Gasteiger partial charge in [0.25, 0.3) is 0 Å². The van der Waals surface area contributed by atoms with Crippen LogP contribution in [0.2, 0.25) is 0 Å². The van der Waals surface area contributed by atoms with Crippen LogP contribution in [0.25, 0.3) is 0 Å². The second-order valence-electron chi connectivity index (χ2n) is 4.34. The van der Waals surface area contributed by atoms with Crippen molar-refractivity contribution in [1.29, 1.82) is 0 Å². The molecule has 1 saturated heterocycles. The molecule has 0 aliphatic carbocycles. The van der Waals surface area contributed by atoms with E-state index in [0.717, 1.165) is 31.9 Å². The van der Waals surface area contributed by atoms with Gasteiger partial charge in [-0.25, -0.2) is 0 Å². The Kier molecular flexibility index (Phi) is 4.55. The molecule has 98 valence electrons. The number of carbonyl (C=O) groups is 1. The zero-order valence-corrected chi connectivity index (χ0v) is 10.4. The van der Waals surface area contributed by atoms with Crippen LogP contribution in [0.5, 0.6) is 0 Å². The Morgan fingerprint density at radius 3 is 2.56 bits per heavy atom. The summed E-state index contributed by atoms with van der Waals surface area (Å²) in [6.45, 7) is 4.35. The second kappa shape index (κ2) is 6.37. The minimum atomic E-state index is -0.333. The van der Waals surface area contributed by atoms with E-state index in [1.807, 2.05) is 0 Å². The molecule has 1 aromatic carbocycles. The molecule has 1 amide bonds. The first-order chi connectivity index (χ1) is 8.75. The van der Waals surface area contributed by atoms with Gasteiger partial charge in [-0.15, -0.1) is 0 Å². The number of amides is 1. The average Bonchev–Trinajstić information content (AvgIpc) is 2.40. The molecule has 1 aliphatic heterocycles. The summed E-state index contributed by atoms with van der Waals surface area (Å²) in [5.41, 5.74) is 7.42. The van der Waals surface area contributed by atoms with Crippen LogP contribution >= 0.6 is 0 Å². The maximum atomic E-state index is 10.6. The third kappa shape index (κ3) is 3.72. The van der Waals surface area contributed by atoms with Crippen molar-refractivity contribution in [2.24, 2.45) is 5.73 Å². The Labute approximate surface area is 107 Å². The van der Waals surface area contributed by atoms with Crippen molar-refractivity contribution in [3.05, 3.63) is 29.8 Å². The average molecular weight is 249 g/mol. The largest absolute Gasteiger partial charge is 0.378 e. The monoisotopic (exact) mass is 249 g/mol. The van der Waals surface area contributed by atoms with Crippen LogP contribution < -0.4 is 16.0 Å². The number of primary amides is 1. The van der Waals surface area contributed by atoms with Gasteiger partial charge in [-0.1, -0.05) is 12.1 Å². The lowest BCUT2D eigenvalue weighted by Crippen LogP contribution is -2.36. The number of morpholine rings is 1. The molecule has 3 N–H and O–H groups in total. The molecule has 1 aromatic rings. The zero-order valence-electron chi connectivity index (χ0n) is 10.4. The Bertz CT molecular complexity index is 386. The van der Waals surface area contributed by atoms with Gasteiger partial charge in [0.05, 0.1) is 19.8 Å².